The molecule has 0 atom stereocenters. The predicted molar refractivity (Wildman–Crippen MR) is 105 cm³/mol. The van der Waals surface area contributed by atoms with E-state index in [2.05, 4.69) is 20.4 Å². The highest BCUT2D eigenvalue weighted by atomic mass is 16.5. The fraction of sp³-hybridized carbons (Fsp3) is 0.850. The van der Waals surface area contributed by atoms with Gasteiger partial charge in [-0.3, -0.25) is 0 Å². The van der Waals surface area contributed by atoms with Crippen LogP contribution >= 0.6 is 0 Å². The van der Waals surface area contributed by atoms with Crippen molar-refractivity contribution in [3.8, 4) is 0 Å². The number of urea groups is 1. The molecule has 1 aliphatic heterocycles. The molecule has 27 heavy (non-hydrogen) atoms. The predicted octanol–water partition coefficient (Wildman–Crippen LogP) is 3.03. The van der Waals surface area contributed by atoms with Crippen molar-refractivity contribution in [2.24, 2.45) is 5.92 Å². The van der Waals surface area contributed by atoms with Gasteiger partial charge in [0.15, 0.2) is 5.82 Å². The molecule has 2 amide bonds. The number of nitrogens with zero attached hydrogens (tertiary/aromatic N) is 4. The molecule has 7 nitrogen and oxygen atoms in total. The maximum atomic E-state index is 12.3. The molecule has 0 bridgehead atoms. The summed E-state index contributed by atoms with van der Waals surface area (Å²) in [4.78, 5) is 21.1. The highest BCUT2D eigenvalue weighted by Crippen LogP contribution is 2.27. The van der Waals surface area contributed by atoms with Gasteiger partial charge in [-0.1, -0.05) is 31.8 Å². The Balaban J connectivity index is 1.32. The molecule has 0 unspecified atom stereocenters. The van der Waals surface area contributed by atoms with Crippen LogP contribution in [-0.4, -0.2) is 65.2 Å². The maximum Gasteiger partial charge on any atom is 0.317 e. The normalized spacial score (nSPS) is 19.7. The van der Waals surface area contributed by atoms with Crippen molar-refractivity contribution in [3.63, 3.8) is 0 Å². The third-order valence-corrected chi connectivity index (χ3v) is 6.03. The van der Waals surface area contributed by atoms with Crippen LogP contribution < -0.4 is 5.32 Å². The van der Waals surface area contributed by atoms with Crippen LogP contribution in [0.3, 0.4) is 0 Å². The molecule has 2 aliphatic rings. The standard InChI is InChI=1S/C20H35N5O2/c1-15(2)19-22-18(23-27-19)10-11-24(3)20(26)21-14-16-8-12-25(13-9-16)17-6-4-5-7-17/h15-17H,4-14H2,1-3H3,(H,21,26). The van der Waals surface area contributed by atoms with E-state index in [9.17, 15) is 4.79 Å². The minimum atomic E-state index is -0.0131. The SMILES string of the molecule is CC(C)c1nc(CCN(C)C(=O)NCC2CCN(C3CCCC3)CC2)no1. The molecule has 1 saturated carbocycles. The Kier molecular flexibility index (Phi) is 7.10. The minimum Gasteiger partial charge on any atom is -0.339 e. The zero-order chi connectivity index (χ0) is 19.2. The third kappa shape index (κ3) is 5.67. The second-order valence-electron chi connectivity index (χ2n) is 8.48. The number of likely N-dealkylation sites (tertiary alicyclic amines) is 1. The highest BCUT2D eigenvalue weighted by molar-refractivity contribution is 5.73. The summed E-state index contributed by atoms with van der Waals surface area (Å²) in [5.74, 6) is 2.15. The lowest BCUT2D eigenvalue weighted by Crippen LogP contribution is -2.45. The summed E-state index contributed by atoms with van der Waals surface area (Å²) in [5, 5.41) is 7.08. The number of hydrogen-bond acceptors (Lipinski definition) is 5. The quantitative estimate of drug-likeness (QED) is 0.790. The van der Waals surface area contributed by atoms with Crippen molar-refractivity contribution in [1.29, 1.82) is 0 Å². The molecule has 1 aromatic rings. The number of carbonyl (C=O) groups is 1. The number of carbonyl (C=O) groups excluding carboxylic acids is 1. The first-order valence-electron chi connectivity index (χ1n) is 10.6. The molecule has 1 aliphatic carbocycles. The van der Waals surface area contributed by atoms with Crippen LogP contribution in [0.25, 0.3) is 0 Å². The molecule has 2 heterocycles. The number of piperidine rings is 1. The van der Waals surface area contributed by atoms with Gasteiger partial charge in [0, 0.05) is 38.5 Å². The lowest BCUT2D eigenvalue weighted by atomic mass is 9.95. The second-order valence-corrected chi connectivity index (χ2v) is 8.48. The second kappa shape index (κ2) is 9.53. The van der Waals surface area contributed by atoms with Crippen molar-refractivity contribution >= 4 is 6.03 Å². The minimum absolute atomic E-state index is 0.0131. The van der Waals surface area contributed by atoms with E-state index in [0.717, 1.165) is 12.6 Å². The number of nitrogens with one attached hydrogen (secondary N) is 1. The molecule has 1 aromatic heterocycles. The molecular weight excluding hydrogens is 342 g/mol. The van der Waals surface area contributed by atoms with E-state index in [1.165, 1.54) is 51.6 Å². The van der Waals surface area contributed by atoms with Crippen LogP contribution in [-0.2, 0) is 6.42 Å². The van der Waals surface area contributed by atoms with Gasteiger partial charge in [0.1, 0.15) is 0 Å². The van der Waals surface area contributed by atoms with E-state index < -0.39 is 0 Å². The van der Waals surface area contributed by atoms with Gasteiger partial charge < -0.3 is 19.6 Å². The van der Waals surface area contributed by atoms with E-state index in [-0.39, 0.29) is 11.9 Å². The van der Waals surface area contributed by atoms with Gasteiger partial charge in [0.05, 0.1) is 0 Å². The number of aromatic nitrogens is 2. The average Bonchev–Trinajstić information content (AvgIpc) is 3.36. The van der Waals surface area contributed by atoms with Crippen LogP contribution in [0.5, 0.6) is 0 Å². The van der Waals surface area contributed by atoms with E-state index >= 15 is 0 Å². The topological polar surface area (TPSA) is 74.5 Å². The highest BCUT2D eigenvalue weighted by Gasteiger charge is 2.27. The van der Waals surface area contributed by atoms with Gasteiger partial charge in [0.25, 0.3) is 0 Å². The van der Waals surface area contributed by atoms with Crippen LogP contribution in [0.4, 0.5) is 4.79 Å². The average molecular weight is 378 g/mol. The van der Waals surface area contributed by atoms with Gasteiger partial charge in [0.2, 0.25) is 5.89 Å². The van der Waals surface area contributed by atoms with Crippen molar-refractivity contribution in [1.82, 2.24) is 25.3 Å². The summed E-state index contributed by atoms with van der Waals surface area (Å²) in [6, 6.07) is 0.814. The molecule has 0 radical (unpaired) electrons. The maximum absolute atomic E-state index is 12.3. The van der Waals surface area contributed by atoms with E-state index in [1.807, 2.05) is 20.9 Å². The molecule has 0 aromatic carbocycles. The molecule has 3 rings (SSSR count). The summed E-state index contributed by atoms with van der Waals surface area (Å²) >= 11 is 0. The Morgan fingerprint density at radius 3 is 2.59 bits per heavy atom. The molecule has 7 heteroatoms. The van der Waals surface area contributed by atoms with Gasteiger partial charge in [-0.25, -0.2) is 4.79 Å². The van der Waals surface area contributed by atoms with Gasteiger partial charge in [-0.15, -0.1) is 0 Å². The smallest absolute Gasteiger partial charge is 0.317 e. The fourth-order valence-corrected chi connectivity index (χ4v) is 4.13. The van der Waals surface area contributed by atoms with Crippen LogP contribution in [0.15, 0.2) is 4.52 Å². The van der Waals surface area contributed by atoms with Gasteiger partial charge in [-0.05, 0) is 44.7 Å². The molecule has 0 spiro atoms. The number of rotatable bonds is 7. The van der Waals surface area contributed by atoms with Gasteiger partial charge >= 0.3 is 6.03 Å². The number of hydrogen-bond donors (Lipinski definition) is 1. The molecular formula is C20H35N5O2. The molecule has 1 N–H and O–H groups in total. The van der Waals surface area contributed by atoms with Crippen LogP contribution in [0, 0.1) is 5.92 Å². The zero-order valence-electron chi connectivity index (χ0n) is 17.1. The lowest BCUT2D eigenvalue weighted by molar-refractivity contribution is 0.132. The summed E-state index contributed by atoms with van der Waals surface area (Å²) in [5.41, 5.74) is 0. The molecule has 1 saturated heterocycles. The van der Waals surface area contributed by atoms with Crippen molar-refractivity contribution < 1.29 is 9.32 Å². The Bertz CT molecular complexity index is 589. The summed E-state index contributed by atoms with van der Waals surface area (Å²) in [6.45, 7) is 7.79. The first-order chi connectivity index (χ1) is 13.0. The van der Waals surface area contributed by atoms with E-state index in [4.69, 9.17) is 4.52 Å². The fourth-order valence-electron chi connectivity index (χ4n) is 4.13. The summed E-state index contributed by atoms with van der Waals surface area (Å²) < 4.78 is 5.21. The largest absolute Gasteiger partial charge is 0.339 e. The van der Waals surface area contributed by atoms with Gasteiger partial charge in [-0.2, -0.15) is 4.98 Å². The Morgan fingerprint density at radius 1 is 1.26 bits per heavy atom. The van der Waals surface area contributed by atoms with E-state index in [1.54, 1.807) is 4.90 Å². The lowest BCUT2D eigenvalue weighted by Gasteiger charge is -2.36. The van der Waals surface area contributed by atoms with Crippen molar-refractivity contribution in [3.05, 3.63) is 11.7 Å². The Hall–Kier alpha value is -1.63. The Labute approximate surface area is 162 Å². The third-order valence-electron chi connectivity index (χ3n) is 6.03. The Morgan fingerprint density at radius 2 is 1.96 bits per heavy atom. The number of likely N-dealkylation sites (N-methyl/N-ethyl adjacent to an activating group) is 1. The summed E-state index contributed by atoms with van der Waals surface area (Å²) in [7, 11) is 1.82. The first kappa shape index (κ1) is 20.1. The monoisotopic (exact) mass is 377 g/mol. The van der Waals surface area contributed by atoms with Crippen molar-refractivity contribution in [2.45, 2.75) is 70.8 Å². The van der Waals surface area contributed by atoms with Crippen LogP contribution in [0.2, 0.25) is 0 Å². The number of amides is 2. The van der Waals surface area contributed by atoms with Crippen LogP contribution in [0.1, 0.15) is 70.0 Å². The van der Waals surface area contributed by atoms with Crippen molar-refractivity contribution in [2.75, 3.05) is 33.2 Å². The first-order valence-corrected chi connectivity index (χ1v) is 10.6. The summed E-state index contributed by atoms with van der Waals surface area (Å²) in [6.07, 6.45) is 8.56. The zero-order valence-corrected chi connectivity index (χ0v) is 17.1. The molecule has 152 valence electrons. The molecule has 2 fully saturated rings. The van der Waals surface area contributed by atoms with E-state index in [0.29, 0.717) is 30.6 Å².